The molecule has 158 valence electrons. The maximum atomic E-state index is 12.6. The van der Waals surface area contributed by atoms with Crippen LogP contribution in [0.3, 0.4) is 0 Å². The number of benzene rings is 2. The molecule has 3 aromatic rings. The molecule has 0 fully saturated rings. The predicted octanol–water partition coefficient (Wildman–Crippen LogP) is 4.12. The minimum atomic E-state index is -0.192. The lowest BCUT2D eigenvalue weighted by Crippen LogP contribution is -2.38. The third kappa shape index (κ3) is 4.40. The van der Waals surface area contributed by atoms with E-state index in [1.165, 1.54) is 6.42 Å². The third-order valence-electron chi connectivity index (χ3n) is 5.73. The van der Waals surface area contributed by atoms with Gasteiger partial charge in [0.25, 0.3) is 0 Å². The normalized spacial score (nSPS) is 14.6. The summed E-state index contributed by atoms with van der Waals surface area (Å²) in [5.41, 5.74) is 1.05. The van der Waals surface area contributed by atoms with Crippen LogP contribution in [0.1, 0.15) is 55.9 Å². The zero-order valence-corrected chi connectivity index (χ0v) is 17.6. The van der Waals surface area contributed by atoms with Gasteiger partial charge in [0.2, 0.25) is 0 Å². The van der Waals surface area contributed by atoms with Gasteiger partial charge in [-0.2, -0.15) is 0 Å². The fourth-order valence-corrected chi connectivity index (χ4v) is 4.02. The highest BCUT2D eigenvalue weighted by molar-refractivity contribution is 5.84. The Morgan fingerprint density at radius 1 is 1.13 bits per heavy atom. The van der Waals surface area contributed by atoms with E-state index in [2.05, 4.69) is 38.4 Å². The van der Waals surface area contributed by atoms with Gasteiger partial charge in [-0.15, -0.1) is 10.2 Å². The number of hydrogen-bond acceptors (Lipinski definition) is 4. The number of rotatable bonds is 6. The molecule has 7 nitrogen and oxygen atoms in total. The Labute approximate surface area is 176 Å². The van der Waals surface area contributed by atoms with Crippen LogP contribution in [-0.2, 0) is 19.5 Å². The monoisotopic (exact) mass is 407 g/mol. The van der Waals surface area contributed by atoms with Crippen molar-refractivity contribution < 1.29 is 9.53 Å². The molecule has 2 N–H and O–H groups in total. The summed E-state index contributed by atoms with van der Waals surface area (Å²) in [6.45, 7) is 3.45. The van der Waals surface area contributed by atoms with E-state index in [9.17, 15) is 4.79 Å². The maximum Gasteiger partial charge on any atom is 0.315 e. The molecule has 1 aliphatic rings. The van der Waals surface area contributed by atoms with Gasteiger partial charge in [-0.05, 0) is 53.8 Å². The Morgan fingerprint density at radius 3 is 2.80 bits per heavy atom. The second-order valence-electron chi connectivity index (χ2n) is 7.77. The number of ether oxygens (including phenoxy) is 1. The molecule has 1 atom stereocenters. The molecular weight excluding hydrogens is 378 g/mol. The van der Waals surface area contributed by atoms with E-state index in [1.807, 2.05) is 30.3 Å². The van der Waals surface area contributed by atoms with E-state index >= 15 is 0 Å². The predicted molar refractivity (Wildman–Crippen MR) is 116 cm³/mol. The average molecular weight is 408 g/mol. The number of hydrogen-bond donors (Lipinski definition) is 2. The number of carbonyl (C=O) groups excluding carboxylic acids is 1. The highest BCUT2D eigenvalue weighted by Crippen LogP contribution is 2.22. The molecule has 2 aromatic carbocycles. The molecule has 0 saturated heterocycles. The van der Waals surface area contributed by atoms with Gasteiger partial charge in [-0.1, -0.05) is 31.5 Å². The van der Waals surface area contributed by atoms with E-state index in [4.69, 9.17) is 4.74 Å². The first-order valence-corrected chi connectivity index (χ1v) is 10.7. The van der Waals surface area contributed by atoms with Crippen molar-refractivity contribution in [3.8, 4) is 5.75 Å². The van der Waals surface area contributed by atoms with Gasteiger partial charge in [0.1, 0.15) is 11.6 Å². The molecule has 7 heteroatoms. The van der Waals surface area contributed by atoms with Crippen LogP contribution < -0.4 is 15.4 Å². The first-order chi connectivity index (χ1) is 14.7. The molecule has 0 saturated carbocycles. The van der Waals surface area contributed by atoms with Crippen molar-refractivity contribution in [1.82, 2.24) is 25.4 Å². The van der Waals surface area contributed by atoms with Crippen molar-refractivity contribution in [2.24, 2.45) is 0 Å². The van der Waals surface area contributed by atoms with E-state index in [1.54, 1.807) is 7.11 Å². The smallest absolute Gasteiger partial charge is 0.315 e. The summed E-state index contributed by atoms with van der Waals surface area (Å²) >= 11 is 0. The number of carbonyl (C=O) groups is 1. The Kier molecular flexibility index (Phi) is 6.16. The second kappa shape index (κ2) is 9.15. The summed E-state index contributed by atoms with van der Waals surface area (Å²) in [6.07, 6.45) is 5.23. The number of amides is 2. The fraction of sp³-hybridized carbons (Fsp3) is 0.435. The van der Waals surface area contributed by atoms with Crippen molar-refractivity contribution in [1.29, 1.82) is 0 Å². The highest BCUT2D eigenvalue weighted by Gasteiger charge is 2.22. The van der Waals surface area contributed by atoms with Crippen LogP contribution in [0.15, 0.2) is 36.4 Å². The Bertz CT molecular complexity index is 1030. The fourth-order valence-electron chi connectivity index (χ4n) is 4.02. The molecule has 1 aliphatic heterocycles. The number of urea groups is 1. The van der Waals surface area contributed by atoms with Crippen molar-refractivity contribution in [3.63, 3.8) is 0 Å². The number of fused-ring (bicyclic) bond motifs is 2. The van der Waals surface area contributed by atoms with Crippen LogP contribution in [0.25, 0.3) is 10.8 Å². The van der Waals surface area contributed by atoms with E-state index in [-0.39, 0.29) is 12.1 Å². The summed E-state index contributed by atoms with van der Waals surface area (Å²) in [5, 5.41) is 17.0. The first kappa shape index (κ1) is 20.2. The average Bonchev–Trinajstić information content (AvgIpc) is 3.03. The van der Waals surface area contributed by atoms with Crippen LogP contribution in [0.5, 0.6) is 5.75 Å². The lowest BCUT2D eigenvalue weighted by atomic mass is 10.1. The summed E-state index contributed by atoms with van der Waals surface area (Å²) < 4.78 is 7.47. The molecule has 1 aromatic heterocycles. The van der Waals surface area contributed by atoms with Crippen molar-refractivity contribution >= 4 is 16.8 Å². The van der Waals surface area contributed by atoms with Gasteiger partial charge in [0, 0.05) is 19.5 Å². The van der Waals surface area contributed by atoms with Gasteiger partial charge in [-0.25, -0.2) is 4.79 Å². The Balaban J connectivity index is 1.39. The Morgan fingerprint density at radius 2 is 1.97 bits per heavy atom. The second-order valence-corrected chi connectivity index (χ2v) is 7.77. The van der Waals surface area contributed by atoms with E-state index < -0.39 is 0 Å². The molecule has 0 unspecified atom stereocenters. The highest BCUT2D eigenvalue weighted by atomic mass is 16.5. The largest absolute Gasteiger partial charge is 0.497 e. The number of nitrogens with zero attached hydrogens (tertiary/aromatic N) is 3. The number of aryl methyl sites for hydroxylation is 1. The summed E-state index contributed by atoms with van der Waals surface area (Å²) in [5.74, 6) is 2.74. The minimum Gasteiger partial charge on any atom is -0.497 e. The zero-order chi connectivity index (χ0) is 20.9. The lowest BCUT2D eigenvalue weighted by molar-refractivity contribution is 0.235. The summed E-state index contributed by atoms with van der Waals surface area (Å²) in [7, 11) is 1.67. The van der Waals surface area contributed by atoms with Gasteiger partial charge < -0.3 is 19.9 Å². The number of nitrogens with one attached hydrogen (secondary N) is 2. The first-order valence-electron chi connectivity index (χ1n) is 10.7. The molecule has 0 radical (unpaired) electrons. The van der Waals surface area contributed by atoms with Crippen molar-refractivity contribution in [2.45, 2.75) is 58.2 Å². The standard InChI is InChI=1S/C23H29N5O2/c1-3-20(22-27-26-21-7-5-4-6-12-28(21)22)25-23(29)24-15-16-8-9-18-14-19(30-2)11-10-17(18)13-16/h8-11,13-14,20H,3-7,12,15H2,1-2H3,(H2,24,25,29)/t20-/m1/s1. The molecule has 2 amide bonds. The summed E-state index contributed by atoms with van der Waals surface area (Å²) in [4.78, 5) is 12.6. The van der Waals surface area contributed by atoms with Crippen molar-refractivity contribution in [2.75, 3.05) is 7.11 Å². The van der Waals surface area contributed by atoms with Gasteiger partial charge in [0.05, 0.1) is 13.2 Å². The van der Waals surface area contributed by atoms with Gasteiger partial charge >= 0.3 is 6.03 Å². The third-order valence-corrected chi connectivity index (χ3v) is 5.73. The quantitative estimate of drug-likeness (QED) is 0.644. The summed E-state index contributed by atoms with van der Waals surface area (Å²) in [6, 6.07) is 11.8. The molecular formula is C23H29N5O2. The molecule has 0 spiro atoms. The molecule has 30 heavy (non-hydrogen) atoms. The van der Waals surface area contributed by atoms with Crippen molar-refractivity contribution in [3.05, 3.63) is 53.6 Å². The zero-order valence-electron chi connectivity index (χ0n) is 17.6. The molecule has 0 aliphatic carbocycles. The van der Waals surface area contributed by atoms with Crippen LogP contribution in [0, 0.1) is 0 Å². The van der Waals surface area contributed by atoms with E-state index in [0.717, 1.165) is 66.0 Å². The van der Waals surface area contributed by atoms with Gasteiger partial charge in [-0.3, -0.25) is 0 Å². The van der Waals surface area contributed by atoms with Gasteiger partial charge in [0.15, 0.2) is 5.82 Å². The Hall–Kier alpha value is -3.09. The van der Waals surface area contributed by atoms with E-state index in [0.29, 0.717) is 6.54 Å². The SMILES string of the molecule is CC[C@@H](NC(=O)NCc1ccc2cc(OC)ccc2c1)c1nnc2n1CCCCC2. The van der Waals surface area contributed by atoms with Crippen LogP contribution in [0.4, 0.5) is 4.79 Å². The van der Waals surface area contributed by atoms with Crippen LogP contribution >= 0.6 is 0 Å². The minimum absolute atomic E-state index is 0.145. The number of aromatic nitrogens is 3. The lowest BCUT2D eigenvalue weighted by Gasteiger charge is -2.18. The topological polar surface area (TPSA) is 81.1 Å². The molecule has 4 rings (SSSR count). The van der Waals surface area contributed by atoms with Crippen LogP contribution in [0.2, 0.25) is 0 Å². The number of methoxy groups -OCH3 is 1. The molecule has 0 bridgehead atoms. The molecule has 2 heterocycles. The van der Waals surface area contributed by atoms with Crippen LogP contribution in [-0.4, -0.2) is 27.9 Å². The maximum absolute atomic E-state index is 12.6.